The molecule has 1 heteroatoms. The number of hydrogen-bond donors (Lipinski definition) is 1. The monoisotopic (exact) mass is 388 g/mol. The lowest BCUT2D eigenvalue weighted by Gasteiger charge is -2.15. The first-order chi connectivity index (χ1) is 13.6. The van der Waals surface area contributed by atoms with Crippen LogP contribution in [0.4, 0.5) is 0 Å². The summed E-state index contributed by atoms with van der Waals surface area (Å²) in [6, 6.07) is 17.4. The summed E-state index contributed by atoms with van der Waals surface area (Å²) in [5.41, 5.74) is 2.49. The molecule has 1 N–H and O–H groups in total. The molecule has 0 aliphatic heterocycles. The zero-order valence-electron chi connectivity index (χ0n) is 20.3. The van der Waals surface area contributed by atoms with E-state index in [-0.39, 0.29) is 0 Å². The van der Waals surface area contributed by atoms with Gasteiger partial charge in [0.1, 0.15) is 5.75 Å². The van der Waals surface area contributed by atoms with Crippen LogP contribution in [0.25, 0.3) is 0 Å². The molecule has 1 aliphatic carbocycles. The van der Waals surface area contributed by atoms with Gasteiger partial charge in [0.05, 0.1) is 0 Å². The molecule has 0 heterocycles. The third kappa shape index (κ3) is 22.3. The molecule has 2 aromatic carbocycles. The van der Waals surface area contributed by atoms with E-state index in [1.54, 1.807) is 12.1 Å². The Morgan fingerprint density at radius 2 is 1.00 bits per heavy atom. The second kappa shape index (κ2) is 25.2. The SMILES string of the molecule is CC.CC.CC.CC1CCCCC1.Cc1ccc(O)cc1.Cc1ccccc1. The minimum Gasteiger partial charge on any atom is -0.508 e. The molecule has 1 aliphatic rings. The van der Waals surface area contributed by atoms with Crippen LogP contribution in [0.2, 0.25) is 0 Å². The van der Waals surface area contributed by atoms with Crippen LogP contribution in [0.5, 0.6) is 5.75 Å². The lowest BCUT2D eigenvalue weighted by Crippen LogP contribution is -1.99. The topological polar surface area (TPSA) is 20.2 Å². The molecule has 1 fully saturated rings. The highest BCUT2D eigenvalue weighted by Gasteiger charge is 2.05. The molecular weight excluding hydrogens is 340 g/mol. The second-order valence-corrected chi connectivity index (χ2v) is 6.23. The first-order valence-corrected chi connectivity index (χ1v) is 11.3. The summed E-state index contributed by atoms with van der Waals surface area (Å²) in [4.78, 5) is 0. The van der Waals surface area contributed by atoms with Crippen LogP contribution in [0.1, 0.15) is 91.7 Å². The predicted molar refractivity (Wildman–Crippen MR) is 130 cm³/mol. The van der Waals surface area contributed by atoms with Gasteiger partial charge in [-0.2, -0.15) is 0 Å². The Labute approximate surface area is 177 Å². The summed E-state index contributed by atoms with van der Waals surface area (Å²) in [5.74, 6) is 1.37. The Kier molecular flexibility index (Phi) is 27.9. The van der Waals surface area contributed by atoms with E-state index in [0.29, 0.717) is 5.75 Å². The molecule has 0 aromatic heterocycles. The van der Waals surface area contributed by atoms with Gasteiger partial charge in [-0.1, -0.05) is 134 Å². The highest BCUT2D eigenvalue weighted by molar-refractivity contribution is 5.24. The average molecular weight is 389 g/mol. The number of aryl methyl sites for hydroxylation is 2. The lowest BCUT2D eigenvalue weighted by molar-refractivity contribution is 0.385. The van der Waals surface area contributed by atoms with Gasteiger partial charge in [-0.3, -0.25) is 0 Å². The summed E-state index contributed by atoms with van der Waals surface area (Å²) < 4.78 is 0. The van der Waals surface area contributed by atoms with Crippen molar-refractivity contribution in [2.24, 2.45) is 5.92 Å². The predicted octanol–water partition coefficient (Wildman–Crippen LogP) is 9.36. The van der Waals surface area contributed by atoms with Crippen LogP contribution >= 0.6 is 0 Å². The van der Waals surface area contributed by atoms with E-state index in [2.05, 4.69) is 26.0 Å². The van der Waals surface area contributed by atoms with Crippen LogP contribution in [-0.4, -0.2) is 5.11 Å². The van der Waals surface area contributed by atoms with Crippen LogP contribution in [0.3, 0.4) is 0 Å². The van der Waals surface area contributed by atoms with E-state index in [4.69, 9.17) is 5.11 Å². The minimum absolute atomic E-state index is 0.329. The molecule has 0 bridgehead atoms. The molecular formula is C27H48O. The molecule has 0 radical (unpaired) electrons. The molecule has 0 unspecified atom stereocenters. The number of rotatable bonds is 0. The molecule has 162 valence electrons. The van der Waals surface area contributed by atoms with Crippen molar-refractivity contribution in [3.63, 3.8) is 0 Å². The largest absolute Gasteiger partial charge is 0.508 e. The highest BCUT2D eigenvalue weighted by Crippen LogP contribution is 2.22. The summed E-state index contributed by atoms with van der Waals surface area (Å²) in [6.07, 6.45) is 7.44. The fourth-order valence-electron chi connectivity index (χ4n) is 2.39. The molecule has 0 atom stereocenters. The van der Waals surface area contributed by atoms with Gasteiger partial charge in [-0.25, -0.2) is 0 Å². The quantitative estimate of drug-likeness (QED) is 0.476. The maximum atomic E-state index is 8.76. The van der Waals surface area contributed by atoms with Gasteiger partial charge >= 0.3 is 0 Å². The van der Waals surface area contributed by atoms with Crippen molar-refractivity contribution < 1.29 is 5.11 Å². The average Bonchev–Trinajstić information content (AvgIpc) is 2.77. The molecule has 0 saturated heterocycles. The molecule has 0 spiro atoms. The van der Waals surface area contributed by atoms with Crippen molar-refractivity contribution in [2.75, 3.05) is 0 Å². The summed E-state index contributed by atoms with van der Waals surface area (Å²) in [6.45, 7) is 18.4. The second-order valence-electron chi connectivity index (χ2n) is 6.23. The van der Waals surface area contributed by atoms with Crippen molar-refractivity contribution in [3.8, 4) is 5.75 Å². The number of hydrogen-bond acceptors (Lipinski definition) is 1. The van der Waals surface area contributed by atoms with Gasteiger partial charge in [0.15, 0.2) is 0 Å². The van der Waals surface area contributed by atoms with E-state index in [1.807, 2.05) is 78.8 Å². The zero-order valence-corrected chi connectivity index (χ0v) is 20.3. The van der Waals surface area contributed by atoms with E-state index < -0.39 is 0 Å². The highest BCUT2D eigenvalue weighted by atomic mass is 16.3. The molecule has 3 rings (SSSR count). The Morgan fingerprint density at radius 1 is 0.607 bits per heavy atom. The van der Waals surface area contributed by atoms with Gasteiger partial charge in [-0.15, -0.1) is 0 Å². The smallest absolute Gasteiger partial charge is 0.115 e. The maximum Gasteiger partial charge on any atom is 0.115 e. The molecule has 2 aromatic rings. The number of phenolic OH excluding ortho intramolecular Hbond substituents is 1. The van der Waals surface area contributed by atoms with Crippen LogP contribution in [-0.2, 0) is 0 Å². The van der Waals surface area contributed by atoms with E-state index >= 15 is 0 Å². The van der Waals surface area contributed by atoms with Gasteiger partial charge in [0.25, 0.3) is 0 Å². The van der Waals surface area contributed by atoms with E-state index in [9.17, 15) is 0 Å². The molecule has 1 nitrogen and oxygen atoms in total. The first kappa shape index (κ1) is 31.0. The zero-order chi connectivity index (χ0) is 22.2. The normalized spacial score (nSPS) is 11.8. The summed E-state index contributed by atoms with van der Waals surface area (Å²) in [7, 11) is 0. The van der Waals surface area contributed by atoms with Crippen LogP contribution in [0, 0.1) is 19.8 Å². The fraction of sp³-hybridized carbons (Fsp3) is 0.556. The van der Waals surface area contributed by atoms with Crippen molar-refractivity contribution in [1.29, 1.82) is 0 Å². The number of phenols is 1. The van der Waals surface area contributed by atoms with Crippen molar-refractivity contribution in [2.45, 2.75) is 94.4 Å². The van der Waals surface area contributed by atoms with E-state index in [0.717, 1.165) is 5.92 Å². The van der Waals surface area contributed by atoms with Crippen LogP contribution in [0.15, 0.2) is 54.6 Å². The molecule has 0 amide bonds. The third-order valence-corrected chi connectivity index (χ3v) is 3.87. The van der Waals surface area contributed by atoms with Gasteiger partial charge in [-0.05, 0) is 31.9 Å². The van der Waals surface area contributed by atoms with Gasteiger partial charge in [0.2, 0.25) is 0 Å². The van der Waals surface area contributed by atoms with Crippen molar-refractivity contribution >= 4 is 0 Å². The van der Waals surface area contributed by atoms with Gasteiger partial charge < -0.3 is 5.11 Å². The van der Waals surface area contributed by atoms with Gasteiger partial charge in [0, 0.05) is 0 Å². The Balaban J connectivity index is -0.000000296. The Hall–Kier alpha value is -1.76. The van der Waals surface area contributed by atoms with Crippen molar-refractivity contribution in [3.05, 3.63) is 65.7 Å². The number of aromatic hydroxyl groups is 1. The molecule has 1 saturated carbocycles. The molecule has 28 heavy (non-hydrogen) atoms. The summed E-state index contributed by atoms with van der Waals surface area (Å²) >= 11 is 0. The maximum absolute atomic E-state index is 8.76. The minimum atomic E-state index is 0.329. The van der Waals surface area contributed by atoms with Crippen LogP contribution < -0.4 is 0 Å². The Morgan fingerprint density at radius 3 is 1.25 bits per heavy atom. The number of benzene rings is 2. The van der Waals surface area contributed by atoms with Crippen molar-refractivity contribution in [1.82, 2.24) is 0 Å². The third-order valence-electron chi connectivity index (χ3n) is 3.87. The first-order valence-electron chi connectivity index (χ1n) is 11.3. The summed E-state index contributed by atoms with van der Waals surface area (Å²) in [5, 5.41) is 8.76. The van der Waals surface area contributed by atoms with E-state index in [1.165, 1.54) is 43.2 Å². The standard InChI is InChI=1S/C7H8O.C7H14.C7H8.3C2H6/c1-6-2-4-7(8)5-3-6;2*1-7-5-3-2-4-6-7;3*1-2/h2-5,8H,1H3;7H,2-6H2,1H3;2-6H,1H3;3*1-2H3. The Bertz CT molecular complexity index is 460. The fourth-order valence-corrected chi connectivity index (χ4v) is 2.39. The lowest BCUT2D eigenvalue weighted by atomic mass is 9.91.